The van der Waals surface area contributed by atoms with Crippen molar-refractivity contribution in [3.05, 3.63) is 77.5 Å². The summed E-state index contributed by atoms with van der Waals surface area (Å²) in [6.45, 7) is 0.322. The van der Waals surface area contributed by atoms with E-state index in [0.29, 0.717) is 19.0 Å². The Kier molecular flexibility index (Phi) is 7.59. The van der Waals surface area contributed by atoms with Crippen LogP contribution in [0.5, 0.6) is 0 Å². The highest BCUT2D eigenvalue weighted by atomic mass is 19.4. The number of amides is 2. The summed E-state index contributed by atoms with van der Waals surface area (Å²) in [4.78, 5) is 29.8. The van der Waals surface area contributed by atoms with Gasteiger partial charge in [-0.1, -0.05) is 24.3 Å². The standard InChI is InChI=1S/C29H31F3N4O3/c30-29(31,32)21-5-3-4-19(14-21)27(39)35-16-26(38)36-28(17-33-15-25(28)37)20-10-8-18(9-11-20)22-12-13-34-24-7-2-1-6-23(22)24/h1-7,12-14,18,20,25,33,37H,8-11,15-17H2,(H,35,39)(H,36,38)/t18?,20?,25-,28+/m0/s1. The smallest absolute Gasteiger partial charge is 0.389 e. The van der Waals surface area contributed by atoms with E-state index in [2.05, 4.69) is 33.1 Å². The second-order valence-electron chi connectivity index (χ2n) is 10.5. The molecule has 206 valence electrons. The molecule has 7 nitrogen and oxygen atoms in total. The minimum absolute atomic E-state index is 0.0231. The molecule has 1 aliphatic carbocycles. The van der Waals surface area contributed by atoms with Crippen LogP contribution in [0.1, 0.15) is 53.1 Å². The van der Waals surface area contributed by atoms with Crippen LogP contribution in [0.25, 0.3) is 10.9 Å². The molecule has 4 N–H and O–H groups in total. The van der Waals surface area contributed by atoms with E-state index < -0.39 is 41.7 Å². The zero-order valence-electron chi connectivity index (χ0n) is 21.3. The van der Waals surface area contributed by atoms with Gasteiger partial charge in [0.25, 0.3) is 5.91 Å². The number of aliphatic hydroxyl groups excluding tert-OH is 1. The maximum atomic E-state index is 13.0. The normalized spacial score (nSPS) is 25.4. The van der Waals surface area contributed by atoms with Gasteiger partial charge in [0.05, 0.1) is 29.3 Å². The van der Waals surface area contributed by atoms with Crippen molar-refractivity contribution in [2.24, 2.45) is 5.92 Å². The first-order valence-corrected chi connectivity index (χ1v) is 13.2. The van der Waals surface area contributed by atoms with Gasteiger partial charge in [-0.05, 0) is 73.4 Å². The number of alkyl halides is 3. The summed E-state index contributed by atoms with van der Waals surface area (Å²) >= 11 is 0. The molecule has 2 aliphatic rings. The topological polar surface area (TPSA) is 103 Å². The third-order valence-electron chi connectivity index (χ3n) is 8.16. The van der Waals surface area contributed by atoms with Gasteiger partial charge >= 0.3 is 6.18 Å². The average molecular weight is 541 g/mol. The molecule has 0 unspecified atom stereocenters. The summed E-state index contributed by atoms with van der Waals surface area (Å²) in [5.41, 5.74) is 0.220. The van der Waals surface area contributed by atoms with Crippen LogP contribution in [0.15, 0.2) is 60.8 Å². The van der Waals surface area contributed by atoms with Crippen LogP contribution >= 0.6 is 0 Å². The number of aliphatic hydroxyl groups is 1. The molecule has 0 bridgehead atoms. The van der Waals surface area contributed by atoms with Gasteiger partial charge in [0.1, 0.15) is 0 Å². The molecule has 2 atom stereocenters. The highest BCUT2D eigenvalue weighted by molar-refractivity contribution is 5.96. The number of nitrogens with zero attached hydrogens (tertiary/aromatic N) is 1. The lowest BCUT2D eigenvalue weighted by molar-refractivity contribution is -0.137. The average Bonchev–Trinajstić information content (AvgIpc) is 3.31. The molecular weight excluding hydrogens is 509 g/mol. The Morgan fingerprint density at radius 2 is 1.82 bits per heavy atom. The lowest BCUT2D eigenvalue weighted by atomic mass is 9.68. The van der Waals surface area contributed by atoms with Gasteiger partial charge in [-0.3, -0.25) is 14.6 Å². The Morgan fingerprint density at radius 3 is 2.54 bits per heavy atom. The molecular formula is C29H31F3N4O3. The number of para-hydroxylation sites is 1. The number of rotatable bonds is 6. The van der Waals surface area contributed by atoms with Crippen LogP contribution in [-0.2, 0) is 11.0 Å². The second kappa shape index (κ2) is 10.9. The lowest BCUT2D eigenvalue weighted by Crippen LogP contribution is -2.63. The maximum Gasteiger partial charge on any atom is 0.416 e. The molecule has 1 saturated carbocycles. The number of hydrogen-bond donors (Lipinski definition) is 4. The zero-order valence-corrected chi connectivity index (χ0v) is 21.3. The summed E-state index contributed by atoms with van der Waals surface area (Å²) in [5.74, 6) is -0.907. The summed E-state index contributed by atoms with van der Waals surface area (Å²) < 4.78 is 39.0. The van der Waals surface area contributed by atoms with Gasteiger partial charge < -0.3 is 21.1 Å². The van der Waals surface area contributed by atoms with Crippen LogP contribution in [-0.4, -0.2) is 53.2 Å². The predicted molar refractivity (Wildman–Crippen MR) is 140 cm³/mol. The monoisotopic (exact) mass is 540 g/mol. The van der Waals surface area contributed by atoms with Crippen molar-refractivity contribution in [2.45, 2.75) is 49.4 Å². The fraction of sp³-hybridized carbons (Fsp3) is 0.414. The molecule has 3 aromatic rings. The first-order valence-electron chi connectivity index (χ1n) is 13.2. The van der Waals surface area contributed by atoms with Gasteiger partial charge in [-0.2, -0.15) is 13.2 Å². The first-order chi connectivity index (χ1) is 18.7. The van der Waals surface area contributed by atoms with Crippen molar-refractivity contribution in [2.75, 3.05) is 19.6 Å². The molecule has 2 fully saturated rings. The van der Waals surface area contributed by atoms with E-state index in [0.717, 1.165) is 54.8 Å². The van der Waals surface area contributed by atoms with Crippen molar-refractivity contribution in [3.63, 3.8) is 0 Å². The Balaban J connectivity index is 1.23. The van der Waals surface area contributed by atoms with E-state index in [-0.39, 0.29) is 11.5 Å². The van der Waals surface area contributed by atoms with Gasteiger partial charge in [-0.15, -0.1) is 0 Å². The van der Waals surface area contributed by atoms with E-state index in [9.17, 15) is 27.9 Å². The van der Waals surface area contributed by atoms with Crippen molar-refractivity contribution < 1.29 is 27.9 Å². The molecule has 10 heteroatoms. The number of aromatic nitrogens is 1. The summed E-state index contributed by atoms with van der Waals surface area (Å²) in [6, 6.07) is 14.2. The van der Waals surface area contributed by atoms with E-state index >= 15 is 0 Å². The minimum Gasteiger partial charge on any atom is -0.389 e. The van der Waals surface area contributed by atoms with Gasteiger partial charge in [-0.25, -0.2) is 0 Å². The molecule has 2 heterocycles. The summed E-state index contributed by atoms with van der Waals surface area (Å²) in [6.07, 6.45) is -0.138. The molecule has 2 amide bonds. The maximum absolute atomic E-state index is 13.0. The van der Waals surface area contributed by atoms with Gasteiger partial charge in [0, 0.05) is 30.2 Å². The lowest BCUT2D eigenvalue weighted by Gasteiger charge is -2.44. The van der Waals surface area contributed by atoms with Crippen LogP contribution in [0.2, 0.25) is 0 Å². The molecule has 5 rings (SSSR count). The first kappa shape index (κ1) is 27.1. The number of fused-ring (bicyclic) bond motifs is 1. The Bertz CT molecular complexity index is 1350. The fourth-order valence-electron chi connectivity index (χ4n) is 6.16. The van der Waals surface area contributed by atoms with Gasteiger partial charge in [0.15, 0.2) is 0 Å². The molecule has 0 spiro atoms. The number of carbonyl (C=O) groups excluding carboxylic acids is 2. The van der Waals surface area contributed by atoms with Crippen LogP contribution < -0.4 is 16.0 Å². The quantitative estimate of drug-likeness (QED) is 0.381. The molecule has 1 saturated heterocycles. The number of benzene rings is 2. The van der Waals surface area contributed by atoms with Crippen molar-refractivity contribution in [1.82, 2.24) is 20.9 Å². The van der Waals surface area contributed by atoms with E-state index in [1.54, 1.807) is 0 Å². The zero-order chi connectivity index (χ0) is 27.6. The Morgan fingerprint density at radius 1 is 1.05 bits per heavy atom. The number of carbonyl (C=O) groups is 2. The van der Waals surface area contributed by atoms with Crippen molar-refractivity contribution >= 4 is 22.7 Å². The molecule has 2 aromatic carbocycles. The SMILES string of the molecule is O=C(CNC(=O)c1cccc(C(F)(F)F)c1)N[C@@]1(C2CCC(c3ccnc4ccccc34)CC2)CNC[C@@H]1O. The fourth-order valence-corrected chi connectivity index (χ4v) is 6.16. The Labute approximate surface area is 224 Å². The summed E-state index contributed by atoms with van der Waals surface area (Å²) in [5, 5.41) is 20.7. The van der Waals surface area contributed by atoms with E-state index in [4.69, 9.17) is 0 Å². The van der Waals surface area contributed by atoms with E-state index in [1.165, 1.54) is 11.6 Å². The highest BCUT2D eigenvalue weighted by Crippen LogP contribution is 2.43. The molecule has 1 aromatic heterocycles. The number of halogens is 3. The predicted octanol–water partition coefficient (Wildman–Crippen LogP) is 3.78. The number of β-amino-alcohol motifs (C(OH)–C–C–N with tert-alkyl or cyclic N) is 1. The molecule has 1 aliphatic heterocycles. The third-order valence-corrected chi connectivity index (χ3v) is 8.16. The molecule has 0 radical (unpaired) electrons. The van der Waals surface area contributed by atoms with Gasteiger partial charge in [0.2, 0.25) is 5.91 Å². The number of hydrogen-bond acceptors (Lipinski definition) is 5. The Hall–Kier alpha value is -3.50. The van der Waals surface area contributed by atoms with Crippen LogP contribution in [0.3, 0.4) is 0 Å². The van der Waals surface area contributed by atoms with E-state index in [1.807, 2.05) is 24.4 Å². The van der Waals surface area contributed by atoms with Crippen molar-refractivity contribution in [1.29, 1.82) is 0 Å². The molecule has 39 heavy (non-hydrogen) atoms. The second-order valence-corrected chi connectivity index (χ2v) is 10.5. The largest absolute Gasteiger partial charge is 0.416 e. The number of pyridine rings is 1. The minimum atomic E-state index is -4.57. The summed E-state index contributed by atoms with van der Waals surface area (Å²) in [7, 11) is 0. The van der Waals surface area contributed by atoms with Crippen molar-refractivity contribution in [3.8, 4) is 0 Å². The third kappa shape index (κ3) is 5.62. The van der Waals surface area contributed by atoms with Crippen LogP contribution in [0.4, 0.5) is 13.2 Å². The van der Waals surface area contributed by atoms with Crippen LogP contribution in [0, 0.1) is 5.92 Å². The number of nitrogens with one attached hydrogen (secondary N) is 3. The highest BCUT2D eigenvalue weighted by Gasteiger charge is 2.50.